The number of amides is 2. The van der Waals surface area contributed by atoms with Crippen molar-refractivity contribution in [2.45, 2.75) is 11.7 Å². The number of rotatable bonds is 3. The molecule has 3 aromatic rings. The molecule has 34 heavy (non-hydrogen) atoms. The Kier molecular flexibility index (Phi) is 4.34. The summed E-state index contributed by atoms with van der Waals surface area (Å²) in [5.41, 5.74) is -0.679. The van der Waals surface area contributed by atoms with Crippen molar-refractivity contribution in [1.82, 2.24) is 0 Å². The molecule has 0 unspecified atom stereocenters. The first-order valence-electron chi connectivity index (χ1n) is 10.9. The summed E-state index contributed by atoms with van der Waals surface area (Å²) in [6.07, 6.45) is -0.955. The Morgan fingerprint density at radius 1 is 0.765 bits per heavy atom. The van der Waals surface area contributed by atoms with Crippen molar-refractivity contribution >= 4 is 29.1 Å². The van der Waals surface area contributed by atoms with Crippen LogP contribution in [0.15, 0.2) is 78.9 Å². The van der Waals surface area contributed by atoms with Crippen LogP contribution in [-0.2, 0) is 14.3 Å². The third-order valence-electron chi connectivity index (χ3n) is 6.98. The molecule has 0 radical (unpaired) electrons. The molecule has 1 aliphatic carbocycles. The van der Waals surface area contributed by atoms with Gasteiger partial charge in [-0.3, -0.25) is 19.2 Å². The Hall–Kier alpha value is -4.10. The number of carbonyl (C=O) groups is 4. The predicted molar refractivity (Wildman–Crippen MR) is 121 cm³/mol. The minimum atomic E-state index is -2.07. The minimum absolute atomic E-state index is 0.208. The quantitative estimate of drug-likeness (QED) is 0.446. The maximum atomic E-state index is 13.8. The summed E-state index contributed by atoms with van der Waals surface area (Å²) in [7, 11) is 1.54. The standard InChI is InChI=1S/C27H19NO6/c1-33-17-13-11-15(12-14-17)22-20-21(26(32)28(25(20)31)16-7-3-2-4-8-16)27(34-22)23(29)18-9-5-6-10-19(18)24(27)30/h2-14,20-22H,1H3/t20-,21-,22-/m1/s1. The van der Waals surface area contributed by atoms with E-state index in [0.29, 0.717) is 17.0 Å². The fraction of sp³-hybridized carbons (Fsp3) is 0.185. The molecule has 3 aromatic carbocycles. The molecule has 6 rings (SSSR count). The number of fused-ring (bicyclic) bond motifs is 3. The first-order chi connectivity index (χ1) is 16.5. The van der Waals surface area contributed by atoms with Crippen molar-refractivity contribution in [3.63, 3.8) is 0 Å². The lowest BCUT2D eigenvalue weighted by Crippen LogP contribution is -2.51. The van der Waals surface area contributed by atoms with Crippen LogP contribution in [0, 0.1) is 11.8 Å². The summed E-state index contributed by atoms with van der Waals surface area (Å²) in [5.74, 6) is -3.93. The minimum Gasteiger partial charge on any atom is -0.497 e. The Labute approximate surface area is 194 Å². The number of para-hydroxylation sites is 1. The molecular formula is C27H19NO6. The smallest absolute Gasteiger partial charge is 0.241 e. The third-order valence-corrected chi connectivity index (χ3v) is 6.98. The van der Waals surface area contributed by atoms with E-state index in [4.69, 9.17) is 9.47 Å². The van der Waals surface area contributed by atoms with E-state index in [1.54, 1.807) is 78.9 Å². The summed E-state index contributed by atoms with van der Waals surface area (Å²) in [6, 6.07) is 21.8. The topological polar surface area (TPSA) is 90.0 Å². The Morgan fingerprint density at radius 3 is 1.94 bits per heavy atom. The molecule has 2 saturated heterocycles. The van der Waals surface area contributed by atoms with Crippen LogP contribution in [0.1, 0.15) is 32.4 Å². The van der Waals surface area contributed by atoms with Crippen molar-refractivity contribution in [3.8, 4) is 5.75 Å². The molecule has 2 amide bonds. The molecule has 7 heteroatoms. The highest BCUT2D eigenvalue weighted by atomic mass is 16.5. The lowest BCUT2D eigenvalue weighted by Gasteiger charge is -2.27. The van der Waals surface area contributed by atoms with Crippen molar-refractivity contribution in [1.29, 1.82) is 0 Å². The highest BCUT2D eigenvalue weighted by Gasteiger charge is 2.74. The van der Waals surface area contributed by atoms with Crippen LogP contribution in [0.4, 0.5) is 5.69 Å². The van der Waals surface area contributed by atoms with Gasteiger partial charge >= 0.3 is 0 Å². The number of nitrogens with zero attached hydrogens (tertiary/aromatic N) is 1. The van der Waals surface area contributed by atoms with Gasteiger partial charge in [0.05, 0.1) is 30.7 Å². The van der Waals surface area contributed by atoms with Crippen LogP contribution in [0.25, 0.3) is 0 Å². The number of methoxy groups -OCH3 is 1. The van der Waals surface area contributed by atoms with Crippen LogP contribution in [0.2, 0.25) is 0 Å². The van der Waals surface area contributed by atoms with Gasteiger partial charge in [-0.1, -0.05) is 54.6 Å². The zero-order valence-corrected chi connectivity index (χ0v) is 18.1. The normalized spacial score (nSPS) is 24.6. The molecule has 2 heterocycles. The molecule has 168 valence electrons. The van der Waals surface area contributed by atoms with E-state index in [1.807, 2.05) is 0 Å². The van der Waals surface area contributed by atoms with Crippen molar-refractivity contribution in [2.24, 2.45) is 11.8 Å². The van der Waals surface area contributed by atoms with E-state index in [9.17, 15) is 19.2 Å². The molecule has 0 bridgehead atoms. The van der Waals surface area contributed by atoms with E-state index < -0.39 is 46.9 Å². The second-order valence-electron chi connectivity index (χ2n) is 8.60. The largest absolute Gasteiger partial charge is 0.497 e. The van der Waals surface area contributed by atoms with Crippen LogP contribution < -0.4 is 9.64 Å². The first-order valence-corrected chi connectivity index (χ1v) is 10.9. The van der Waals surface area contributed by atoms with E-state index in [2.05, 4.69) is 0 Å². The number of benzene rings is 3. The van der Waals surface area contributed by atoms with E-state index >= 15 is 0 Å². The third kappa shape index (κ3) is 2.50. The second-order valence-corrected chi connectivity index (χ2v) is 8.60. The number of Topliss-reactive ketones (excluding diaryl/α,β-unsaturated/α-hetero) is 2. The second kappa shape index (κ2) is 7.20. The molecule has 0 aromatic heterocycles. The lowest BCUT2D eigenvalue weighted by molar-refractivity contribution is -0.127. The monoisotopic (exact) mass is 453 g/mol. The van der Waals surface area contributed by atoms with Crippen molar-refractivity contribution in [3.05, 3.63) is 95.6 Å². The molecule has 0 N–H and O–H groups in total. The molecule has 7 nitrogen and oxygen atoms in total. The van der Waals surface area contributed by atoms with Gasteiger partial charge in [-0.2, -0.15) is 0 Å². The van der Waals surface area contributed by atoms with Crippen LogP contribution in [-0.4, -0.2) is 36.1 Å². The summed E-state index contributed by atoms with van der Waals surface area (Å²) in [5, 5.41) is 0. The van der Waals surface area contributed by atoms with Gasteiger partial charge in [0.1, 0.15) is 5.75 Å². The van der Waals surface area contributed by atoms with E-state index in [-0.39, 0.29) is 11.1 Å². The molecule has 3 aliphatic rings. The van der Waals surface area contributed by atoms with Gasteiger partial charge in [0, 0.05) is 11.1 Å². The van der Waals surface area contributed by atoms with Gasteiger partial charge in [0.2, 0.25) is 29.0 Å². The fourth-order valence-electron chi connectivity index (χ4n) is 5.44. The number of ether oxygens (including phenoxy) is 2. The average Bonchev–Trinajstić information content (AvgIpc) is 3.44. The summed E-state index contributed by atoms with van der Waals surface area (Å²) in [4.78, 5) is 56.0. The highest BCUT2D eigenvalue weighted by Crippen LogP contribution is 2.57. The summed E-state index contributed by atoms with van der Waals surface area (Å²) >= 11 is 0. The number of anilines is 1. The van der Waals surface area contributed by atoms with E-state index in [0.717, 1.165) is 4.90 Å². The number of ketones is 2. The maximum Gasteiger partial charge on any atom is 0.241 e. The van der Waals surface area contributed by atoms with Gasteiger partial charge < -0.3 is 9.47 Å². The van der Waals surface area contributed by atoms with Gasteiger partial charge in [0.25, 0.3) is 0 Å². The Balaban J connectivity index is 1.53. The number of imide groups is 1. The molecule has 0 saturated carbocycles. The lowest BCUT2D eigenvalue weighted by atomic mass is 9.77. The van der Waals surface area contributed by atoms with Gasteiger partial charge in [0.15, 0.2) is 0 Å². The Morgan fingerprint density at radius 2 is 1.35 bits per heavy atom. The Bertz CT molecular complexity index is 1330. The number of carbonyl (C=O) groups excluding carboxylic acids is 4. The van der Waals surface area contributed by atoms with Crippen molar-refractivity contribution < 1.29 is 28.7 Å². The predicted octanol–water partition coefficient (Wildman–Crippen LogP) is 3.39. The average molecular weight is 453 g/mol. The van der Waals surface area contributed by atoms with Crippen LogP contribution >= 0.6 is 0 Å². The maximum absolute atomic E-state index is 13.8. The zero-order chi connectivity index (χ0) is 23.6. The van der Waals surface area contributed by atoms with Crippen molar-refractivity contribution in [2.75, 3.05) is 12.0 Å². The highest BCUT2D eigenvalue weighted by molar-refractivity contribution is 6.37. The van der Waals surface area contributed by atoms with Crippen LogP contribution in [0.5, 0.6) is 5.75 Å². The molecular weight excluding hydrogens is 434 g/mol. The fourth-order valence-corrected chi connectivity index (χ4v) is 5.44. The molecule has 2 aliphatic heterocycles. The first kappa shape index (κ1) is 20.5. The SMILES string of the molecule is COc1ccc([C@H]2OC3(C(=O)c4ccccc4C3=O)[C@H]3C(=O)N(c4ccccc4)C(=O)[C@@H]23)cc1. The van der Waals surface area contributed by atoms with Gasteiger partial charge in [-0.25, -0.2) is 4.90 Å². The number of hydrogen-bond acceptors (Lipinski definition) is 6. The van der Waals surface area contributed by atoms with Crippen LogP contribution in [0.3, 0.4) is 0 Å². The van der Waals surface area contributed by atoms with Gasteiger partial charge in [-0.05, 0) is 29.8 Å². The molecule has 1 spiro atoms. The molecule has 2 fully saturated rings. The van der Waals surface area contributed by atoms with Gasteiger partial charge in [-0.15, -0.1) is 0 Å². The van der Waals surface area contributed by atoms with E-state index in [1.165, 1.54) is 7.11 Å². The summed E-state index contributed by atoms with van der Waals surface area (Å²) in [6.45, 7) is 0. The molecule has 3 atom stereocenters. The summed E-state index contributed by atoms with van der Waals surface area (Å²) < 4.78 is 11.5. The zero-order valence-electron chi connectivity index (χ0n) is 18.1. The number of hydrogen-bond donors (Lipinski definition) is 0.